The number of benzene rings is 1. The summed E-state index contributed by atoms with van der Waals surface area (Å²) in [7, 11) is 0. The zero-order valence-electron chi connectivity index (χ0n) is 15.3. The van der Waals surface area contributed by atoms with Gasteiger partial charge in [0.05, 0.1) is 17.3 Å². The number of fused-ring (bicyclic) bond motifs is 1. The van der Waals surface area contributed by atoms with Crippen LogP contribution in [-0.2, 0) is 11.2 Å². The number of aromatic nitrogens is 2. The lowest BCUT2D eigenvalue weighted by molar-refractivity contribution is -0.124. The average Bonchev–Trinajstić information content (AvgIpc) is 3.16. The number of hydrogen-bond acceptors (Lipinski definition) is 3. The molecular formula is C22H23N3O2. The van der Waals surface area contributed by atoms with Crippen LogP contribution in [0, 0.1) is 5.92 Å². The largest absolute Gasteiger partial charge is 0.338 e. The summed E-state index contributed by atoms with van der Waals surface area (Å²) < 4.78 is 1.71. The minimum atomic E-state index is -0.0618. The third kappa shape index (κ3) is 3.77. The van der Waals surface area contributed by atoms with Gasteiger partial charge < -0.3 is 4.90 Å². The van der Waals surface area contributed by atoms with Crippen molar-refractivity contribution in [3.05, 3.63) is 72.1 Å². The van der Waals surface area contributed by atoms with E-state index >= 15 is 0 Å². The van der Waals surface area contributed by atoms with E-state index in [2.05, 4.69) is 17.2 Å². The molecule has 0 N–H and O–H groups in total. The summed E-state index contributed by atoms with van der Waals surface area (Å²) in [6.45, 7) is 1.21. The highest BCUT2D eigenvalue weighted by Gasteiger charge is 2.29. The lowest BCUT2D eigenvalue weighted by atomic mass is 9.90. The first-order chi connectivity index (χ1) is 13.2. The number of likely N-dealkylation sites (tertiary alicyclic amines) is 1. The number of carbonyl (C=O) groups is 2. The maximum absolute atomic E-state index is 13.0. The molecule has 5 heteroatoms. The monoisotopic (exact) mass is 361 g/mol. The molecule has 1 atom stereocenters. The third-order valence-electron chi connectivity index (χ3n) is 5.32. The summed E-state index contributed by atoms with van der Waals surface area (Å²) in [6.07, 6.45) is 6.49. The van der Waals surface area contributed by atoms with E-state index < -0.39 is 0 Å². The number of carbonyl (C=O) groups excluding carboxylic acids is 2. The second-order valence-corrected chi connectivity index (χ2v) is 7.13. The van der Waals surface area contributed by atoms with Gasteiger partial charge in [-0.2, -0.15) is 5.10 Å². The van der Waals surface area contributed by atoms with Gasteiger partial charge in [-0.3, -0.25) is 9.59 Å². The molecule has 2 aromatic heterocycles. The highest BCUT2D eigenvalue weighted by Crippen LogP contribution is 2.22. The fourth-order valence-electron chi connectivity index (χ4n) is 3.81. The Morgan fingerprint density at radius 1 is 1.07 bits per heavy atom. The quantitative estimate of drug-likeness (QED) is 0.700. The van der Waals surface area contributed by atoms with Crippen molar-refractivity contribution in [3.63, 3.8) is 0 Å². The molecule has 0 unspecified atom stereocenters. The molecule has 0 radical (unpaired) electrons. The Morgan fingerprint density at radius 3 is 2.74 bits per heavy atom. The van der Waals surface area contributed by atoms with Gasteiger partial charge >= 0.3 is 0 Å². The van der Waals surface area contributed by atoms with E-state index in [4.69, 9.17) is 0 Å². The molecule has 0 spiro atoms. The van der Waals surface area contributed by atoms with Gasteiger partial charge in [0.1, 0.15) is 5.78 Å². The summed E-state index contributed by atoms with van der Waals surface area (Å²) in [5.74, 6) is 0.168. The van der Waals surface area contributed by atoms with Crippen LogP contribution >= 0.6 is 0 Å². The molecule has 138 valence electrons. The van der Waals surface area contributed by atoms with Crippen LogP contribution in [-0.4, -0.2) is 39.3 Å². The molecule has 4 rings (SSSR count). The molecule has 1 aromatic carbocycles. The van der Waals surface area contributed by atoms with E-state index in [-0.39, 0.29) is 17.6 Å². The standard InChI is InChI=1S/C22H23N3O2/c26-21(12-11-17-7-2-1-3-8-17)18-9-6-13-24(16-18)22(27)19-15-23-25-14-5-4-10-20(19)25/h1-5,7-8,10,14-15,18H,6,9,11-13,16H2/t18-/m1/s1. The normalized spacial score (nSPS) is 17.2. The van der Waals surface area contributed by atoms with Gasteiger partial charge in [-0.05, 0) is 37.0 Å². The Balaban J connectivity index is 1.41. The lowest BCUT2D eigenvalue weighted by Gasteiger charge is -2.32. The summed E-state index contributed by atoms with van der Waals surface area (Å²) in [5, 5.41) is 4.25. The van der Waals surface area contributed by atoms with E-state index in [9.17, 15) is 9.59 Å². The number of ketones is 1. The minimum absolute atomic E-state index is 0.0308. The molecule has 3 heterocycles. The van der Waals surface area contributed by atoms with Crippen molar-refractivity contribution < 1.29 is 9.59 Å². The predicted molar refractivity (Wildman–Crippen MR) is 104 cm³/mol. The van der Waals surface area contributed by atoms with Crippen molar-refractivity contribution in [1.29, 1.82) is 0 Å². The fourth-order valence-corrected chi connectivity index (χ4v) is 3.81. The Kier molecular flexibility index (Phi) is 5.01. The van der Waals surface area contributed by atoms with Gasteiger partial charge in [0.25, 0.3) is 5.91 Å². The van der Waals surface area contributed by atoms with Crippen molar-refractivity contribution in [1.82, 2.24) is 14.5 Å². The summed E-state index contributed by atoms with van der Waals surface area (Å²) in [5.41, 5.74) is 2.59. The van der Waals surface area contributed by atoms with Gasteiger partial charge in [-0.15, -0.1) is 0 Å². The summed E-state index contributed by atoms with van der Waals surface area (Å²) in [4.78, 5) is 27.5. The molecule has 3 aromatic rings. The van der Waals surface area contributed by atoms with Crippen LogP contribution in [0.4, 0.5) is 0 Å². The van der Waals surface area contributed by atoms with Crippen LogP contribution < -0.4 is 0 Å². The fraction of sp³-hybridized carbons (Fsp3) is 0.318. The number of hydrogen-bond donors (Lipinski definition) is 0. The van der Waals surface area contributed by atoms with Gasteiger partial charge in [-0.25, -0.2) is 4.52 Å². The van der Waals surface area contributed by atoms with E-state index in [1.165, 1.54) is 5.56 Å². The van der Waals surface area contributed by atoms with Gasteiger partial charge in [-0.1, -0.05) is 36.4 Å². The molecule has 1 amide bonds. The molecule has 0 bridgehead atoms. The van der Waals surface area contributed by atoms with Crippen molar-refractivity contribution in [2.24, 2.45) is 5.92 Å². The number of pyridine rings is 1. The molecule has 1 aliphatic rings. The number of nitrogens with zero attached hydrogens (tertiary/aromatic N) is 3. The zero-order valence-corrected chi connectivity index (χ0v) is 15.3. The highest BCUT2D eigenvalue weighted by atomic mass is 16.2. The summed E-state index contributed by atoms with van der Waals surface area (Å²) >= 11 is 0. The van der Waals surface area contributed by atoms with Gasteiger partial charge in [0.15, 0.2) is 0 Å². The molecule has 5 nitrogen and oxygen atoms in total. The smallest absolute Gasteiger partial charge is 0.257 e. The van der Waals surface area contributed by atoms with E-state index in [0.29, 0.717) is 25.1 Å². The summed E-state index contributed by atoms with van der Waals surface area (Å²) in [6, 6.07) is 15.8. The molecule has 1 fully saturated rings. The Hall–Kier alpha value is -2.95. The molecule has 27 heavy (non-hydrogen) atoms. The van der Waals surface area contributed by atoms with Crippen molar-refractivity contribution in [2.75, 3.05) is 13.1 Å². The van der Waals surface area contributed by atoms with Crippen LogP contribution in [0.1, 0.15) is 35.2 Å². The Labute approximate surface area is 158 Å². The SMILES string of the molecule is O=C(CCc1ccccc1)[C@@H]1CCCN(C(=O)c2cnn3ccccc23)C1. The maximum Gasteiger partial charge on any atom is 0.257 e. The Morgan fingerprint density at radius 2 is 1.89 bits per heavy atom. The molecular weight excluding hydrogens is 338 g/mol. The van der Waals surface area contributed by atoms with E-state index in [1.54, 1.807) is 10.7 Å². The van der Waals surface area contributed by atoms with Gasteiger partial charge in [0.2, 0.25) is 0 Å². The first-order valence-corrected chi connectivity index (χ1v) is 9.50. The number of amides is 1. The second kappa shape index (κ2) is 7.74. The van der Waals surface area contributed by atoms with E-state index in [0.717, 1.165) is 24.8 Å². The third-order valence-corrected chi connectivity index (χ3v) is 5.32. The lowest BCUT2D eigenvalue weighted by Crippen LogP contribution is -2.42. The van der Waals surface area contributed by atoms with E-state index in [1.807, 2.05) is 47.5 Å². The second-order valence-electron chi connectivity index (χ2n) is 7.13. The first kappa shape index (κ1) is 17.5. The van der Waals surface area contributed by atoms with Crippen LogP contribution in [0.25, 0.3) is 5.52 Å². The average molecular weight is 361 g/mol. The molecule has 0 saturated carbocycles. The number of aryl methyl sites for hydroxylation is 1. The molecule has 1 aliphatic heterocycles. The van der Waals surface area contributed by atoms with Crippen LogP contribution in [0.5, 0.6) is 0 Å². The highest BCUT2D eigenvalue weighted by molar-refractivity contribution is 6.00. The van der Waals surface area contributed by atoms with Crippen molar-refractivity contribution >= 4 is 17.2 Å². The van der Waals surface area contributed by atoms with Crippen LogP contribution in [0.15, 0.2) is 60.9 Å². The van der Waals surface area contributed by atoms with Gasteiger partial charge in [0, 0.05) is 31.6 Å². The first-order valence-electron chi connectivity index (χ1n) is 9.50. The molecule has 0 aliphatic carbocycles. The van der Waals surface area contributed by atoms with Crippen molar-refractivity contribution in [2.45, 2.75) is 25.7 Å². The zero-order chi connectivity index (χ0) is 18.6. The Bertz CT molecular complexity index is 948. The predicted octanol–water partition coefficient (Wildman–Crippen LogP) is 3.39. The van der Waals surface area contributed by atoms with Crippen LogP contribution in [0.3, 0.4) is 0 Å². The topological polar surface area (TPSA) is 54.7 Å². The van der Waals surface area contributed by atoms with Crippen LogP contribution in [0.2, 0.25) is 0 Å². The number of rotatable bonds is 5. The number of Topliss-reactive ketones (excluding diaryl/α,β-unsaturated/α-hetero) is 1. The molecule has 1 saturated heterocycles. The number of piperidine rings is 1. The minimum Gasteiger partial charge on any atom is -0.338 e. The maximum atomic E-state index is 13.0. The van der Waals surface area contributed by atoms with Crippen molar-refractivity contribution in [3.8, 4) is 0 Å².